The highest BCUT2D eigenvalue weighted by Gasteiger charge is 2.26. The van der Waals surface area contributed by atoms with Crippen LogP contribution in [-0.4, -0.2) is 49.2 Å². The fraction of sp³-hybridized carbons (Fsp3) is 0.290. The average molecular weight is 580 g/mol. The van der Waals surface area contributed by atoms with Crippen molar-refractivity contribution >= 4 is 40.2 Å². The third kappa shape index (κ3) is 5.97. The number of amides is 1. The number of hydrogen-bond donors (Lipinski definition) is 3. The van der Waals surface area contributed by atoms with Gasteiger partial charge in [-0.1, -0.05) is 36.4 Å². The lowest BCUT2D eigenvalue weighted by Gasteiger charge is -2.30. The van der Waals surface area contributed by atoms with Gasteiger partial charge in [0.2, 0.25) is 5.95 Å². The van der Waals surface area contributed by atoms with Gasteiger partial charge in [0.25, 0.3) is 5.56 Å². The van der Waals surface area contributed by atoms with E-state index in [0.717, 1.165) is 11.1 Å². The maximum absolute atomic E-state index is 14.4. The molecule has 12 heteroatoms. The van der Waals surface area contributed by atoms with Gasteiger partial charge < -0.3 is 26.4 Å². The number of ether oxygens (including phenoxy) is 1. The summed E-state index contributed by atoms with van der Waals surface area (Å²) in [4.78, 5) is 41.6. The van der Waals surface area contributed by atoms with Gasteiger partial charge in [-0.15, -0.1) is 0 Å². The standard InChI is InChI=1S/C31H33N9O3/c1-18(35-26-22(17-32)25(33)37-29(34)38-26)27-36-23-12-8-11-21(24(23)28(41)40(27)20-9-6-5-7-10-20)19-13-15-39(16-14-19)30(42)43-31(2,3)4/h5-13,18H,14-16H2,1-4H3,(H5,33,34,35,37,38)/t18-/m0/s1. The third-order valence-corrected chi connectivity index (χ3v) is 6.95. The van der Waals surface area contributed by atoms with Gasteiger partial charge in [-0.25, -0.2) is 9.78 Å². The summed E-state index contributed by atoms with van der Waals surface area (Å²) in [5, 5.41) is 13.3. The Labute approximate surface area is 248 Å². The summed E-state index contributed by atoms with van der Waals surface area (Å²) in [7, 11) is 0. The number of nitrogens with one attached hydrogen (secondary N) is 1. The van der Waals surface area contributed by atoms with Crippen LogP contribution in [0.3, 0.4) is 0 Å². The molecule has 1 aliphatic heterocycles. The molecule has 4 aromatic rings. The van der Waals surface area contributed by atoms with Crippen molar-refractivity contribution in [1.29, 1.82) is 5.26 Å². The predicted molar refractivity (Wildman–Crippen MR) is 165 cm³/mol. The van der Waals surface area contributed by atoms with Gasteiger partial charge in [-0.2, -0.15) is 15.2 Å². The Balaban J connectivity index is 1.60. The highest BCUT2D eigenvalue weighted by atomic mass is 16.6. The highest BCUT2D eigenvalue weighted by Crippen LogP contribution is 2.30. The van der Waals surface area contributed by atoms with Gasteiger partial charge >= 0.3 is 6.09 Å². The average Bonchev–Trinajstić information content (AvgIpc) is 2.96. The Bertz CT molecular complexity index is 1840. The second-order valence-electron chi connectivity index (χ2n) is 11.2. The quantitative estimate of drug-likeness (QED) is 0.307. The van der Waals surface area contributed by atoms with Crippen molar-refractivity contribution in [3.8, 4) is 11.8 Å². The Morgan fingerprint density at radius 2 is 1.84 bits per heavy atom. The van der Waals surface area contributed by atoms with Gasteiger partial charge in [0.1, 0.15) is 28.9 Å². The van der Waals surface area contributed by atoms with Crippen molar-refractivity contribution < 1.29 is 9.53 Å². The van der Waals surface area contributed by atoms with E-state index in [4.69, 9.17) is 21.2 Å². The van der Waals surface area contributed by atoms with Crippen LogP contribution in [0, 0.1) is 11.3 Å². The maximum Gasteiger partial charge on any atom is 0.410 e. The van der Waals surface area contributed by atoms with Crippen LogP contribution in [0.15, 0.2) is 59.4 Å². The molecular formula is C31H33N9O3. The van der Waals surface area contributed by atoms with Gasteiger partial charge in [0.15, 0.2) is 5.82 Å². The molecule has 0 fully saturated rings. The molecule has 2 aromatic heterocycles. The highest BCUT2D eigenvalue weighted by molar-refractivity contribution is 5.92. The molecule has 1 amide bonds. The molecule has 5 rings (SSSR count). The number of aromatic nitrogens is 4. The minimum atomic E-state index is -0.599. The van der Waals surface area contributed by atoms with Crippen molar-refractivity contribution in [2.75, 3.05) is 29.9 Å². The van der Waals surface area contributed by atoms with Crippen LogP contribution in [-0.2, 0) is 4.74 Å². The van der Waals surface area contributed by atoms with E-state index in [1.807, 2.05) is 82.3 Å². The second-order valence-corrected chi connectivity index (χ2v) is 11.2. The molecule has 220 valence electrons. The Kier molecular flexibility index (Phi) is 7.74. The number of carbonyl (C=O) groups is 1. The Hall–Kier alpha value is -5.44. The summed E-state index contributed by atoms with van der Waals surface area (Å²) < 4.78 is 7.08. The van der Waals surface area contributed by atoms with E-state index in [-0.39, 0.29) is 34.8 Å². The van der Waals surface area contributed by atoms with Crippen molar-refractivity contribution in [2.24, 2.45) is 0 Å². The van der Waals surface area contributed by atoms with Crippen LogP contribution in [0.2, 0.25) is 0 Å². The smallest absolute Gasteiger partial charge is 0.410 e. The number of benzene rings is 2. The van der Waals surface area contributed by atoms with Crippen molar-refractivity contribution in [1.82, 2.24) is 24.4 Å². The summed E-state index contributed by atoms with van der Waals surface area (Å²) in [6.07, 6.45) is 2.14. The number of rotatable bonds is 5. The summed E-state index contributed by atoms with van der Waals surface area (Å²) in [6.45, 7) is 8.14. The number of anilines is 3. The summed E-state index contributed by atoms with van der Waals surface area (Å²) in [5.41, 5.74) is 13.8. The van der Waals surface area contributed by atoms with E-state index in [0.29, 0.717) is 41.9 Å². The molecule has 0 unspecified atom stereocenters. The first-order chi connectivity index (χ1) is 20.5. The number of carbonyl (C=O) groups excluding carboxylic acids is 1. The van der Waals surface area contributed by atoms with Crippen LogP contribution in [0.25, 0.3) is 22.2 Å². The molecular weight excluding hydrogens is 546 g/mol. The van der Waals surface area contributed by atoms with Gasteiger partial charge in [-0.3, -0.25) is 9.36 Å². The number of nitrogens with zero attached hydrogens (tertiary/aromatic N) is 6. The normalized spacial score (nSPS) is 14.1. The molecule has 0 spiro atoms. The Morgan fingerprint density at radius 3 is 2.49 bits per heavy atom. The largest absolute Gasteiger partial charge is 0.444 e. The van der Waals surface area contributed by atoms with E-state index in [1.54, 1.807) is 15.5 Å². The van der Waals surface area contributed by atoms with Crippen LogP contribution < -0.4 is 22.3 Å². The molecule has 12 nitrogen and oxygen atoms in total. The Morgan fingerprint density at radius 1 is 1.09 bits per heavy atom. The second kappa shape index (κ2) is 11.4. The lowest BCUT2D eigenvalue weighted by atomic mass is 9.96. The minimum Gasteiger partial charge on any atom is -0.444 e. The zero-order chi connectivity index (χ0) is 30.9. The van der Waals surface area contributed by atoms with Crippen molar-refractivity contribution in [2.45, 2.75) is 45.8 Å². The molecule has 1 aliphatic rings. The number of nitrogens with two attached hydrogens (primary N) is 2. The summed E-state index contributed by atoms with van der Waals surface area (Å²) in [6, 6.07) is 16.2. The molecule has 5 N–H and O–H groups in total. The first-order valence-electron chi connectivity index (χ1n) is 13.8. The number of hydrogen-bond acceptors (Lipinski definition) is 10. The van der Waals surface area contributed by atoms with E-state index in [9.17, 15) is 14.9 Å². The monoisotopic (exact) mass is 579 g/mol. The summed E-state index contributed by atoms with van der Waals surface area (Å²) in [5.74, 6) is 0.403. The van der Waals surface area contributed by atoms with Crippen LogP contribution in [0.4, 0.5) is 22.4 Å². The molecule has 0 radical (unpaired) electrons. The predicted octanol–water partition coefficient (Wildman–Crippen LogP) is 4.41. The first-order valence-corrected chi connectivity index (χ1v) is 13.8. The molecule has 2 aromatic carbocycles. The zero-order valence-electron chi connectivity index (χ0n) is 24.5. The molecule has 0 saturated carbocycles. The fourth-order valence-electron chi connectivity index (χ4n) is 5.02. The SMILES string of the molecule is C[C@H](Nc1nc(N)nc(N)c1C#N)c1nc2cccc(C3=CCN(C(=O)OC(C)(C)C)CC3)c2c(=O)n1-c1ccccc1. The number of nitrogen functional groups attached to an aromatic ring is 2. The van der Waals surface area contributed by atoms with E-state index < -0.39 is 11.6 Å². The van der Waals surface area contributed by atoms with E-state index in [2.05, 4.69) is 15.3 Å². The molecule has 43 heavy (non-hydrogen) atoms. The third-order valence-electron chi connectivity index (χ3n) is 6.95. The lowest BCUT2D eigenvalue weighted by molar-refractivity contribution is 0.0270. The van der Waals surface area contributed by atoms with E-state index in [1.165, 1.54) is 0 Å². The maximum atomic E-state index is 14.4. The van der Waals surface area contributed by atoms with Crippen molar-refractivity contribution in [3.63, 3.8) is 0 Å². The van der Waals surface area contributed by atoms with E-state index >= 15 is 0 Å². The zero-order valence-corrected chi connectivity index (χ0v) is 24.5. The topological polar surface area (TPSA) is 178 Å². The molecule has 0 saturated heterocycles. The van der Waals surface area contributed by atoms with Crippen LogP contribution in [0.1, 0.15) is 57.1 Å². The minimum absolute atomic E-state index is 0.0439. The molecule has 0 bridgehead atoms. The number of fused-ring (bicyclic) bond motifs is 1. The molecule has 0 aliphatic carbocycles. The van der Waals surface area contributed by atoms with Crippen LogP contribution >= 0.6 is 0 Å². The van der Waals surface area contributed by atoms with Crippen molar-refractivity contribution in [3.05, 3.63) is 81.9 Å². The van der Waals surface area contributed by atoms with Crippen LogP contribution in [0.5, 0.6) is 0 Å². The summed E-state index contributed by atoms with van der Waals surface area (Å²) >= 11 is 0. The first kappa shape index (κ1) is 29.1. The number of para-hydroxylation sites is 1. The number of nitriles is 1. The lowest BCUT2D eigenvalue weighted by Crippen LogP contribution is -2.39. The van der Waals surface area contributed by atoms with Gasteiger partial charge in [-0.05, 0) is 63.5 Å². The fourth-order valence-corrected chi connectivity index (χ4v) is 5.02. The van der Waals surface area contributed by atoms with Gasteiger partial charge in [0, 0.05) is 13.1 Å². The molecule has 3 heterocycles. The molecule has 1 atom stereocenters. The van der Waals surface area contributed by atoms with Gasteiger partial charge in [0.05, 0.1) is 22.6 Å².